The Bertz CT molecular complexity index is 1230. The summed E-state index contributed by atoms with van der Waals surface area (Å²) in [6.07, 6.45) is 1.72. The molecule has 1 amide bonds. The third-order valence-electron chi connectivity index (χ3n) is 5.74. The van der Waals surface area contributed by atoms with E-state index < -0.39 is 15.9 Å². The molecule has 2 heterocycles. The van der Waals surface area contributed by atoms with Crippen molar-refractivity contribution in [2.75, 3.05) is 18.4 Å². The number of nitrogens with one attached hydrogen (secondary N) is 2. The van der Waals surface area contributed by atoms with Gasteiger partial charge in [-0.2, -0.15) is 9.40 Å². The molecule has 0 saturated carbocycles. The SMILES string of the molecule is Cc1ccc(O)c(-c2cc(C(=O)Nc3ccc(S(=O)(=O)N4CCC(C)CC4)cc3)[nH]n2)c1. The highest BCUT2D eigenvalue weighted by Gasteiger charge is 2.28. The van der Waals surface area contributed by atoms with Crippen LogP contribution in [-0.4, -0.2) is 47.0 Å². The summed E-state index contributed by atoms with van der Waals surface area (Å²) in [6.45, 7) is 5.09. The van der Waals surface area contributed by atoms with Gasteiger partial charge in [-0.1, -0.05) is 18.6 Å². The molecule has 0 radical (unpaired) electrons. The van der Waals surface area contributed by atoms with E-state index in [-0.39, 0.29) is 16.3 Å². The highest BCUT2D eigenvalue weighted by Crippen LogP contribution is 2.29. The highest BCUT2D eigenvalue weighted by molar-refractivity contribution is 7.89. The second-order valence-electron chi connectivity index (χ2n) is 8.25. The van der Waals surface area contributed by atoms with Crippen molar-refractivity contribution in [1.29, 1.82) is 0 Å². The minimum absolute atomic E-state index is 0.0778. The third-order valence-corrected chi connectivity index (χ3v) is 7.66. The molecule has 0 atom stereocenters. The third kappa shape index (κ3) is 4.53. The lowest BCUT2D eigenvalue weighted by atomic mass is 10.0. The Morgan fingerprint density at radius 2 is 1.81 bits per heavy atom. The smallest absolute Gasteiger partial charge is 0.273 e. The number of H-pyrrole nitrogens is 1. The fourth-order valence-electron chi connectivity index (χ4n) is 3.71. The number of aryl methyl sites for hydroxylation is 1. The number of benzene rings is 2. The number of hydrogen-bond donors (Lipinski definition) is 3. The Hall–Kier alpha value is -3.17. The summed E-state index contributed by atoms with van der Waals surface area (Å²) >= 11 is 0. The number of aromatic nitrogens is 2. The highest BCUT2D eigenvalue weighted by atomic mass is 32.2. The second kappa shape index (κ2) is 8.76. The number of hydrogen-bond acceptors (Lipinski definition) is 5. The van der Waals surface area contributed by atoms with Gasteiger partial charge in [0.1, 0.15) is 11.4 Å². The van der Waals surface area contributed by atoms with Gasteiger partial charge in [0.05, 0.1) is 10.6 Å². The number of carbonyl (C=O) groups excluding carboxylic acids is 1. The van der Waals surface area contributed by atoms with E-state index >= 15 is 0 Å². The molecule has 2 aromatic carbocycles. The minimum atomic E-state index is -3.54. The van der Waals surface area contributed by atoms with Crippen molar-refractivity contribution in [1.82, 2.24) is 14.5 Å². The van der Waals surface area contributed by atoms with Crippen LogP contribution in [0.3, 0.4) is 0 Å². The molecule has 32 heavy (non-hydrogen) atoms. The molecular weight excluding hydrogens is 428 g/mol. The van der Waals surface area contributed by atoms with Crippen molar-refractivity contribution in [2.45, 2.75) is 31.6 Å². The summed E-state index contributed by atoms with van der Waals surface area (Å²) in [7, 11) is -3.54. The van der Waals surface area contributed by atoms with Crippen molar-refractivity contribution >= 4 is 21.6 Å². The van der Waals surface area contributed by atoms with Crippen LogP contribution in [0, 0.1) is 12.8 Å². The van der Waals surface area contributed by atoms with Gasteiger partial charge in [-0.15, -0.1) is 0 Å². The van der Waals surface area contributed by atoms with Crippen LogP contribution in [0.4, 0.5) is 5.69 Å². The molecule has 1 aliphatic rings. The lowest BCUT2D eigenvalue weighted by Crippen LogP contribution is -2.37. The fourth-order valence-corrected chi connectivity index (χ4v) is 5.18. The summed E-state index contributed by atoms with van der Waals surface area (Å²) in [4.78, 5) is 12.8. The zero-order valence-corrected chi connectivity index (χ0v) is 18.8. The van der Waals surface area contributed by atoms with Gasteiger partial charge in [0.25, 0.3) is 5.91 Å². The van der Waals surface area contributed by atoms with Crippen LogP contribution in [-0.2, 0) is 10.0 Å². The first kappa shape index (κ1) is 22.0. The second-order valence-corrected chi connectivity index (χ2v) is 10.2. The predicted octanol–water partition coefficient (Wildman–Crippen LogP) is 3.76. The summed E-state index contributed by atoms with van der Waals surface area (Å²) < 4.78 is 27.2. The number of sulfonamides is 1. The predicted molar refractivity (Wildman–Crippen MR) is 122 cm³/mol. The molecular formula is C23H26N4O4S. The number of amides is 1. The Morgan fingerprint density at radius 3 is 2.50 bits per heavy atom. The Balaban J connectivity index is 1.45. The maximum Gasteiger partial charge on any atom is 0.273 e. The van der Waals surface area contributed by atoms with E-state index in [9.17, 15) is 18.3 Å². The van der Waals surface area contributed by atoms with Crippen molar-refractivity contribution in [3.05, 3.63) is 59.8 Å². The maximum absolute atomic E-state index is 12.8. The average Bonchev–Trinajstić information content (AvgIpc) is 3.26. The van der Waals surface area contributed by atoms with Crippen molar-refractivity contribution in [2.24, 2.45) is 5.92 Å². The lowest BCUT2D eigenvalue weighted by molar-refractivity contribution is 0.102. The number of anilines is 1. The Kier molecular flexibility index (Phi) is 6.03. The van der Waals surface area contributed by atoms with Gasteiger partial charge in [0, 0.05) is 24.3 Å². The molecule has 4 rings (SSSR count). The van der Waals surface area contributed by atoms with Gasteiger partial charge in [0.2, 0.25) is 10.0 Å². The molecule has 9 heteroatoms. The first-order valence-corrected chi connectivity index (χ1v) is 11.9. The molecule has 0 aliphatic carbocycles. The lowest BCUT2D eigenvalue weighted by Gasteiger charge is -2.29. The van der Waals surface area contributed by atoms with E-state index in [1.165, 1.54) is 16.4 Å². The largest absolute Gasteiger partial charge is 0.507 e. The molecule has 0 spiro atoms. The summed E-state index contributed by atoms with van der Waals surface area (Å²) in [5.41, 5.74) is 2.63. The zero-order chi connectivity index (χ0) is 22.9. The topological polar surface area (TPSA) is 115 Å². The van der Waals surface area contributed by atoms with Crippen LogP contribution >= 0.6 is 0 Å². The average molecular weight is 455 g/mol. The quantitative estimate of drug-likeness (QED) is 0.543. The Morgan fingerprint density at radius 1 is 1.12 bits per heavy atom. The molecule has 1 aromatic heterocycles. The number of piperidine rings is 1. The van der Waals surface area contributed by atoms with E-state index in [1.807, 2.05) is 6.92 Å². The van der Waals surface area contributed by atoms with Crippen molar-refractivity contribution in [3.63, 3.8) is 0 Å². The molecule has 1 fully saturated rings. The number of rotatable bonds is 5. The van der Waals surface area contributed by atoms with Crippen LogP contribution in [0.5, 0.6) is 5.75 Å². The van der Waals surface area contributed by atoms with E-state index in [4.69, 9.17) is 0 Å². The molecule has 3 N–H and O–H groups in total. The normalized spacial score (nSPS) is 15.6. The molecule has 168 valence electrons. The van der Waals surface area contributed by atoms with Gasteiger partial charge in [-0.05, 0) is 68.1 Å². The first-order chi connectivity index (χ1) is 15.2. The van der Waals surface area contributed by atoms with Gasteiger partial charge < -0.3 is 10.4 Å². The van der Waals surface area contributed by atoms with Crippen LogP contribution < -0.4 is 5.32 Å². The van der Waals surface area contributed by atoms with Crippen molar-refractivity contribution < 1.29 is 18.3 Å². The summed E-state index contributed by atoms with van der Waals surface area (Å²) in [5.74, 6) is 0.197. The zero-order valence-electron chi connectivity index (χ0n) is 18.0. The van der Waals surface area contributed by atoms with Gasteiger partial charge in [-0.25, -0.2) is 8.42 Å². The number of aromatic amines is 1. The number of aromatic hydroxyl groups is 1. The van der Waals surface area contributed by atoms with Crippen LogP contribution in [0.2, 0.25) is 0 Å². The van der Waals surface area contributed by atoms with E-state index in [1.54, 1.807) is 36.4 Å². The van der Waals surface area contributed by atoms with E-state index in [0.717, 1.165) is 18.4 Å². The Labute approximate surface area is 187 Å². The van der Waals surface area contributed by atoms with Gasteiger partial charge in [0.15, 0.2) is 0 Å². The van der Waals surface area contributed by atoms with E-state index in [2.05, 4.69) is 22.4 Å². The number of carbonyl (C=O) groups is 1. The molecule has 0 bridgehead atoms. The minimum Gasteiger partial charge on any atom is -0.507 e. The van der Waals surface area contributed by atoms with Crippen LogP contribution in [0.15, 0.2) is 53.4 Å². The maximum atomic E-state index is 12.8. The summed E-state index contributed by atoms with van der Waals surface area (Å²) in [6, 6.07) is 12.9. The monoisotopic (exact) mass is 454 g/mol. The molecule has 8 nitrogen and oxygen atoms in total. The number of phenolic OH excluding ortho intramolecular Hbond substituents is 1. The molecule has 1 saturated heterocycles. The fraction of sp³-hybridized carbons (Fsp3) is 0.304. The molecule has 0 unspecified atom stereocenters. The van der Waals surface area contributed by atoms with Gasteiger partial charge >= 0.3 is 0 Å². The molecule has 1 aliphatic heterocycles. The number of nitrogens with zero attached hydrogens (tertiary/aromatic N) is 2. The van der Waals surface area contributed by atoms with E-state index in [0.29, 0.717) is 36.0 Å². The number of phenols is 1. The van der Waals surface area contributed by atoms with Crippen molar-refractivity contribution in [3.8, 4) is 17.0 Å². The first-order valence-electron chi connectivity index (χ1n) is 10.5. The van der Waals surface area contributed by atoms with Crippen LogP contribution in [0.1, 0.15) is 35.8 Å². The standard InChI is InChI=1S/C23H26N4O4S/c1-15-9-11-27(12-10-15)32(30,31)18-6-4-17(5-7-18)24-23(29)21-14-20(25-26-21)19-13-16(2)3-8-22(19)28/h3-8,13-15,28H,9-12H2,1-2H3,(H,24,29)(H,25,26). The molecule has 3 aromatic rings. The van der Waals surface area contributed by atoms with Gasteiger partial charge in [-0.3, -0.25) is 9.89 Å². The van der Waals surface area contributed by atoms with Crippen LogP contribution in [0.25, 0.3) is 11.3 Å². The summed E-state index contributed by atoms with van der Waals surface area (Å²) in [5, 5.41) is 19.6.